The zero-order chi connectivity index (χ0) is 14.7. The number of hydrogen-bond donors (Lipinski definition) is 1. The van der Waals surface area contributed by atoms with E-state index in [0.29, 0.717) is 6.04 Å². The lowest BCUT2D eigenvalue weighted by atomic mass is 10.0. The van der Waals surface area contributed by atoms with Crippen LogP contribution in [0.25, 0.3) is 0 Å². The molecule has 0 amide bonds. The van der Waals surface area contributed by atoms with Gasteiger partial charge in [0.25, 0.3) is 0 Å². The second kappa shape index (κ2) is 9.82. The van der Waals surface area contributed by atoms with Crippen LogP contribution in [0.3, 0.4) is 0 Å². The van der Waals surface area contributed by atoms with Gasteiger partial charge in [0.1, 0.15) is 0 Å². The number of thiazole rings is 1. The summed E-state index contributed by atoms with van der Waals surface area (Å²) in [5.74, 6) is 0. The zero-order valence-corrected chi connectivity index (χ0v) is 16.2. The first-order chi connectivity index (χ1) is 10.3. The Morgan fingerprint density at radius 3 is 2.83 bits per heavy atom. The van der Waals surface area contributed by atoms with Crippen LogP contribution in [0, 0.1) is 6.92 Å². The first-order valence-electron chi connectivity index (χ1n) is 7.34. The number of rotatable bonds is 4. The van der Waals surface area contributed by atoms with E-state index in [4.69, 9.17) is 11.6 Å². The predicted octanol–water partition coefficient (Wildman–Crippen LogP) is 4.14. The van der Waals surface area contributed by atoms with Crippen molar-refractivity contribution in [2.45, 2.75) is 19.4 Å². The van der Waals surface area contributed by atoms with Gasteiger partial charge in [0, 0.05) is 42.1 Å². The van der Waals surface area contributed by atoms with Crippen molar-refractivity contribution in [3.05, 3.63) is 50.9 Å². The van der Waals surface area contributed by atoms with Crippen LogP contribution >= 0.6 is 47.8 Å². The smallest absolute Gasteiger partial charge is 0.0797 e. The Kier molecular flexibility index (Phi) is 8.83. The van der Waals surface area contributed by atoms with Crippen molar-refractivity contribution in [3.63, 3.8) is 0 Å². The van der Waals surface area contributed by atoms with Gasteiger partial charge in [-0.25, -0.2) is 4.98 Å². The maximum absolute atomic E-state index is 6.39. The highest BCUT2D eigenvalue weighted by Crippen LogP contribution is 2.28. The molecule has 2 heterocycles. The van der Waals surface area contributed by atoms with Gasteiger partial charge < -0.3 is 5.32 Å². The Balaban J connectivity index is 0.00000132. The standard InChI is InChI=1S/C16H20ClN3S.2ClH/c1-12-16(21-11-19-12)6-8-20-9-7-18-10-15(20)13-4-2-3-5-14(13)17;;/h2-5,11,15,18H,6-10H2,1H3;2*1H. The molecule has 1 fully saturated rings. The summed E-state index contributed by atoms with van der Waals surface area (Å²) in [6, 6.07) is 8.55. The number of hydrogen-bond acceptors (Lipinski definition) is 4. The molecule has 128 valence electrons. The average molecular weight is 395 g/mol. The van der Waals surface area contributed by atoms with Crippen molar-refractivity contribution < 1.29 is 0 Å². The molecule has 3 nitrogen and oxygen atoms in total. The van der Waals surface area contributed by atoms with Gasteiger partial charge in [0.2, 0.25) is 0 Å². The second-order valence-corrected chi connectivity index (χ2v) is 6.73. The molecule has 1 unspecified atom stereocenters. The molecule has 0 radical (unpaired) electrons. The summed E-state index contributed by atoms with van der Waals surface area (Å²) in [5, 5.41) is 4.35. The summed E-state index contributed by atoms with van der Waals surface area (Å²) in [6.07, 6.45) is 1.07. The predicted molar refractivity (Wildman–Crippen MR) is 104 cm³/mol. The number of nitrogens with one attached hydrogen (secondary N) is 1. The Morgan fingerprint density at radius 1 is 1.35 bits per heavy atom. The molecule has 3 rings (SSSR count). The number of nitrogens with zero attached hydrogens (tertiary/aromatic N) is 2. The molecule has 1 aromatic heterocycles. The van der Waals surface area contributed by atoms with Gasteiger partial charge in [-0.1, -0.05) is 29.8 Å². The molecule has 7 heteroatoms. The van der Waals surface area contributed by atoms with Crippen LogP contribution in [0.15, 0.2) is 29.8 Å². The van der Waals surface area contributed by atoms with Crippen LogP contribution < -0.4 is 5.32 Å². The normalized spacial score (nSPS) is 18.1. The lowest BCUT2D eigenvalue weighted by Gasteiger charge is -2.36. The van der Waals surface area contributed by atoms with Gasteiger partial charge in [-0.15, -0.1) is 36.2 Å². The van der Waals surface area contributed by atoms with Crippen molar-refractivity contribution >= 4 is 47.8 Å². The Morgan fingerprint density at radius 2 is 2.13 bits per heavy atom. The van der Waals surface area contributed by atoms with Crippen LogP contribution in [-0.2, 0) is 6.42 Å². The van der Waals surface area contributed by atoms with E-state index in [1.54, 1.807) is 11.3 Å². The first kappa shape index (κ1) is 20.7. The minimum absolute atomic E-state index is 0. The number of aryl methyl sites for hydroxylation is 1. The molecule has 23 heavy (non-hydrogen) atoms. The van der Waals surface area contributed by atoms with Crippen molar-refractivity contribution in [1.82, 2.24) is 15.2 Å². The van der Waals surface area contributed by atoms with Gasteiger partial charge in [-0.3, -0.25) is 4.90 Å². The maximum Gasteiger partial charge on any atom is 0.0797 e. The van der Waals surface area contributed by atoms with E-state index in [-0.39, 0.29) is 24.8 Å². The molecule has 1 aliphatic heterocycles. The van der Waals surface area contributed by atoms with Crippen molar-refractivity contribution in [2.24, 2.45) is 0 Å². The summed E-state index contributed by atoms with van der Waals surface area (Å²) in [4.78, 5) is 8.27. The molecule has 0 spiro atoms. The highest BCUT2D eigenvalue weighted by Gasteiger charge is 2.25. The molecule has 1 aromatic carbocycles. The zero-order valence-electron chi connectivity index (χ0n) is 13.0. The molecule has 2 aromatic rings. The minimum atomic E-state index is 0. The fraction of sp³-hybridized carbons (Fsp3) is 0.438. The van der Waals surface area contributed by atoms with E-state index < -0.39 is 0 Å². The van der Waals surface area contributed by atoms with Crippen molar-refractivity contribution in [2.75, 3.05) is 26.2 Å². The second-order valence-electron chi connectivity index (χ2n) is 5.39. The Hall–Kier alpha value is -0.360. The van der Waals surface area contributed by atoms with Gasteiger partial charge in [-0.2, -0.15) is 0 Å². The molecule has 0 saturated carbocycles. The summed E-state index contributed by atoms with van der Waals surface area (Å²) in [5.41, 5.74) is 4.34. The van der Waals surface area contributed by atoms with E-state index in [1.165, 1.54) is 16.1 Å². The van der Waals surface area contributed by atoms with Gasteiger partial charge in [0.15, 0.2) is 0 Å². The third-order valence-corrected chi connectivity index (χ3v) is 5.43. The van der Waals surface area contributed by atoms with Crippen LogP contribution in [0.4, 0.5) is 0 Å². The van der Waals surface area contributed by atoms with E-state index in [9.17, 15) is 0 Å². The molecular weight excluding hydrogens is 373 g/mol. The quantitative estimate of drug-likeness (QED) is 0.845. The summed E-state index contributed by atoms with van der Waals surface area (Å²) in [6.45, 7) is 6.22. The fourth-order valence-corrected chi connectivity index (χ4v) is 3.91. The summed E-state index contributed by atoms with van der Waals surface area (Å²) < 4.78 is 0. The number of benzene rings is 1. The Labute approximate surface area is 159 Å². The van der Waals surface area contributed by atoms with E-state index in [0.717, 1.165) is 37.6 Å². The molecule has 1 aliphatic rings. The summed E-state index contributed by atoms with van der Waals surface area (Å²) in [7, 11) is 0. The van der Waals surface area contributed by atoms with Crippen LogP contribution in [-0.4, -0.2) is 36.1 Å². The van der Waals surface area contributed by atoms with E-state index in [1.807, 2.05) is 17.6 Å². The molecule has 1 saturated heterocycles. The van der Waals surface area contributed by atoms with E-state index in [2.05, 4.69) is 34.3 Å². The number of aromatic nitrogens is 1. The third kappa shape index (κ3) is 5.05. The minimum Gasteiger partial charge on any atom is -0.314 e. The average Bonchev–Trinajstić information content (AvgIpc) is 2.91. The van der Waals surface area contributed by atoms with Gasteiger partial charge >= 0.3 is 0 Å². The fourth-order valence-electron chi connectivity index (χ4n) is 2.88. The van der Waals surface area contributed by atoms with Gasteiger partial charge in [0.05, 0.1) is 11.2 Å². The van der Waals surface area contributed by atoms with Gasteiger partial charge in [-0.05, 0) is 25.0 Å². The lowest BCUT2D eigenvalue weighted by molar-refractivity contribution is 0.164. The van der Waals surface area contributed by atoms with Crippen molar-refractivity contribution in [3.8, 4) is 0 Å². The first-order valence-corrected chi connectivity index (χ1v) is 8.59. The highest BCUT2D eigenvalue weighted by atomic mass is 35.5. The van der Waals surface area contributed by atoms with Crippen LogP contribution in [0.1, 0.15) is 22.2 Å². The maximum atomic E-state index is 6.39. The van der Waals surface area contributed by atoms with Crippen LogP contribution in [0.5, 0.6) is 0 Å². The largest absolute Gasteiger partial charge is 0.314 e. The SMILES string of the molecule is Cc1ncsc1CCN1CCNCC1c1ccccc1Cl.Cl.Cl. The molecule has 1 atom stereocenters. The molecular formula is C16H22Cl3N3S. The molecule has 0 bridgehead atoms. The Bertz CT molecular complexity index is 606. The third-order valence-electron chi connectivity index (χ3n) is 4.09. The molecule has 1 N–H and O–H groups in total. The van der Waals surface area contributed by atoms with E-state index >= 15 is 0 Å². The number of piperazine rings is 1. The number of halogens is 3. The molecule has 0 aliphatic carbocycles. The van der Waals surface area contributed by atoms with Crippen molar-refractivity contribution in [1.29, 1.82) is 0 Å². The highest BCUT2D eigenvalue weighted by molar-refractivity contribution is 7.09. The monoisotopic (exact) mass is 393 g/mol. The summed E-state index contributed by atoms with van der Waals surface area (Å²) >= 11 is 8.14. The van der Waals surface area contributed by atoms with Crippen LogP contribution in [0.2, 0.25) is 5.02 Å². The topological polar surface area (TPSA) is 28.2 Å². The lowest BCUT2D eigenvalue weighted by Crippen LogP contribution is -2.46.